The van der Waals surface area contributed by atoms with Crippen LogP contribution in [0.25, 0.3) is 0 Å². The minimum absolute atomic E-state index is 0.0466. The van der Waals surface area contributed by atoms with Gasteiger partial charge in [-0.1, -0.05) is 26.2 Å². The predicted octanol–water partition coefficient (Wildman–Crippen LogP) is -0.470. The standard InChI is InChI=1S/C10H24N2O2/c1-3-4-5-6-7-11-8-10(13)9-12(2)14/h10-13H,3-9H2,1-2H3. The van der Waals surface area contributed by atoms with Crippen LogP contribution in [0.3, 0.4) is 0 Å². The maximum atomic E-state index is 10.6. The molecule has 2 atom stereocenters. The highest BCUT2D eigenvalue weighted by Gasteiger charge is 2.04. The fourth-order valence-electron chi connectivity index (χ4n) is 1.35. The molecule has 0 aliphatic heterocycles. The molecule has 0 aromatic carbocycles. The minimum atomic E-state index is -0.515. The van der Waals surface area contributed by atoms with Crippen molar-refractivity contribution in [1.29, 1.82) is 0 Å². The molecule has 2 unspecified atom stereocenters. The summed E-state index contributed by atoms with van der Waals surface area (Å²) >= 11 is 0. The molecule has 0 amide bonds. The molecule has 0 spiro atoms. The van der Waals surface area contributed by atoms with Gasteiger partial charge in [-0.25, -0.2) is 0 Å². The molecule has 4 heteroatoms. The summed E-state index contributed by atoms with van der Waals surface area (Å²) < 4.78 is 0. The Bertz CT molecular complexity index is 121. The van der Waals surface area contributed by atoms with Crippen LogP contribution in [0.5, 0.6) is 0 Å². The van der Waals surface area contributed by atoms with Gasteiger partial charge in [-0.3, -0.25) is 0 Å². The summed E-state index contributed by atoms with van der Waals surface area (Å²) in [5, 5.41) is 23.2. The van der Waals surface area contributed by atoms with Gasteiger partial charge in [-0.15, -0.1) is 0 Å². The van der Waals surface area contributed by atoms with Crippen molar-refractivity contribution in [3.63, 3.8) is 0 Å². The molecule has 0 bridgehead atoms. The number of aliphatic hydroxyl groups is 1. The lowest BCUT2D eigenvalue weighted by Crippen LogP contribution is -3.05. The van der Waals surface area contributed by atoms with Crippen molar-refractivity contribution in [2.24, 2.45) is 0 Å². The van der Waals surface area contributed by atoms with E-state index < -0.39 is 6.10 Å². The minimum Gasteiger partial charge on any atom is -0.634 e. The average molecular weight is 204 g/mol. The smallest absolute Gasteiger partial charge is 0.115 e. The Morgan fingerprint density at radius 3 is 2.64 bits per heavy atom. The Balaban J connectivity index is 3.10. The highest BCUT2D eigenvalue weighted by Crippen LogP contribution is 1.96. The summed E-state index contributed by atoms with van der Waals surface area (Å²) in [6, 6.07) is 0. The van der Waals surface area contributed by atoms with Crippen LogP contribution in [0.2, 0.25) is 0 Å². The van der Waals surface area contributed by atoms with Crippen LogP contribution in [0.4, 0.5) is 0 Å². The van der Waals surface area contributed by atoms with E-state index in [2.05, 4.69) is 12.2 Å². The predicted molar refractivity (Wildman–Crippen MR) is 58.1 cm³/mol. The van der Waals surface area contributed by atoms with E-state index in [1.807, 2.05) is 0 Å². The van der Waals surface area contributed by atoms with Crippen molar-refractivity contribution in [1.82, 2.24) is 5.32 Å². The van der Waals surface area contributed by atoms with E-state index in [1.54, 1.807) is 0 Å². The van der Waals surface area contributed by atoms with Gasteiger partial charge in [0.1, 0.15) is 12.6 Å². The van der Waals surface area contributed by atoms with Crippen molar-refractivity contribution in [3.8, 4) is 0 Å². The summed E-state index contributed by atoms with van der Waals surface area (Å²) in [4.78, 5) is 0. The summed E-state index contributed by atoms with van der Waals surface area (Å²) in [6.07, 6.45) is 4.40. The third kappa shape index (κ3) is 9.92. The number of likely N-dealkylation sites (N-methyl/N-ethyl adjacent to an activating group) is 1. The van der Waals surface area contributed by atoms with E-state index in [1.165, 1.54) is 26.3 Å². The van der Waals surface area contributed by atoms with Crippen LogP contribution in [-0.4, -0.2) is 37.9 Å². The van der Waals surface area contributed by atoms with Gasteiger partial charge >= 0.3 is 0 Å². The summed E-state index contributed by atoms with van der Waals surface area (Å²) in [6.45, 7) is 3.92. The van der Waals surface area contributed by atoms with Gasteiger partial charge in [-0.2, -0.15) is 0 Å². The van der Waals surface area contributed by atoms with Gasteiger partial charge in [0.15, 0.2) is 0 Å². The van der Waals surface area contributed by atoms with Crippen LogP contribution in [0, 0.1) is 5.21 Å². The molecule has 4 nitrogen and oxygen atoms in total. The third-order valence-electron chi connectivity index (χ3n) is 2.11. The molecule has 86 valence electrons. The van der Waals surface area contributed by atoms with Gasteiger partial charge in [0.25, 0.3) is 0 Å². The van der Waals surface area contributed by atoms with Crippen LogP contribution in [0.15, 0.2) is 0 Å². The van der Waals surface area contributed by atoms with Crippen LogP contribution < -0.4 is 10.4 Å². The highest BCUT2D eigenvalue weighted by molar-refractivity contribution is 4.57. The first-order chi connectivity index (χ1) is 6.66. The van der Waals surface area contributed by atoms with Gasteiger partial charge in [0.2, 0.25) is 0 Å². The SMILES string of the molecule is CCCCCCNCC(O)C[NH+](C)[O-]. The van der Waals surface area contributed by atoms with E-state index in [0.29, 0.717) is 6.54 Å². The summed E-state index contributed by atoms with van der Waals surface area (Å²) in [5.41, 5.74) is 0. The van der Waals surface area contributed by atoms with Crippen molar-refractivity contribution in [2.75, 3.05) is 26.7 Å². The lowest BCUT2D eigenvalue weighted by molar-refractivity contribution is -0.829. The zero-order valence-electron chi connectivity index (χ0n) is 9.38. The topological polar surface area (TPSA) is 59.8 Å². The largest absolute Gasteiger partial charge is 0.634 e. The average Bonchev–Trinajstić information content (AvgIpc) is 2.10. The second-order valence-corrected chi connectivity index (χ2v) is 3.82. The Kier molecular flexibility index (Phi) is 9.29. The summed E-state index contributed by atoms with van der Waals surface area (Å²) in [7, 11) is 1.50. The Hall–Kier alpha value is -0.160. The lowest BCUT2D eigenvalue weighted by Gasteiger charge is -2.20. The molecule has 0 aromatic heterocycles. The lowest BCUT2D eigenvalue weighted by atomic mass is 10.2. The second kappa shape index (κ2) is 9.40. The Morgan fingerprint density at radius 1 is 1.36 bits per heavy atom. The first-order valence-electron chi connectivity index (χ1n) is 5.55. The second-order valence-electron chi connectivity index (χ2n) is 3.82. The first kappa shape index (κ1) is 13.8. The van der Waals surface area contributed by atoms with E-state index in [4.69, 9.17) is 0 Å². The molecule has 0 heterocycles. The molecule has 14 heavy (non-hydrogen) atoms. The van der Waals surface area contributed by atoms with Crippen molar-refractivity contribution >= 4 is 0 Å². The number of rotatable bonds is 9. The van der Waals surface area contributed by atoms with Crippen molar-refractivity contribution in [2.45, 2.75) is 38.7 Å². The number of quaternary nitrogens is 1. The van der Waals surface area contributed by atoms with Gasteiger partial charge < -0.3 is 20.7 Å². The first-order valence-corrected chi connectivity index (χ1v) is 5.55. The van der Waals surface area contributed by atoms with Gasteiger partial charge in [-0.05, 0) is 13.0 Å². The number of nitrogens with one attached hydrogen (secondary N) is 2. The van der Waals surface area contributed by atoms with Crippen molar-refractivity contribution in [3.05, 3.63) is 5.21 Å². The van der Waals surface area contributed by atoms with Crippen LogP contribution >= 0.6 is 0 Å². The highest BCUT2D eigenvalue weighted by atomic mass is 16.5. The fraction of sp³-hybridized carbons (Fsp3) is 1.00. The molecular formula is C10H24N2O2. The molecule has 0 saturated heterocycles. The van der Waals surface area contributed by atoms with Crippen LogP contribution in [-0.2, 0) is 0 Å². The molecule has 0 aliphatic carbocycles. The number of unbranched alkanes of at least 4 members (excludes halogenated alkanes) is 3. The normalized spacial score (nSPS) is 15.4. The number of hydrogen-bond donors (Lipinski definition) is 3. The van der Waals surface area contributed by atoms with E-state index in [0.717, 1.165) is 13.0 Å². The number of aliphatic hydroxyl groups excluding tert-OH is 1. The Morgan fingerprint density at radius 2 is 2.07 bits per heavy atom. The number of hydrogen-bond acceptors (Lipinski definition) is 3. The zero-order chi connectivity index (χ0) is 10.8. The third-order valence-corrected chi connectivity index (χ3v) is 2.11. The van der Waals surface area contributed by atoms with Crippen LogP contribution in [0.1, 0.15) is 32.6 Å². The maximum Gasteiger partial charge on any atom is 0.115 e. The van der Waals surface area contributed by atoms with E-state index in [9.17, 15) is 10.3 Å². The molecule has 0 aromatic rings. The molecule has 0 fully saturated rings. The quantitative estimate of drug-likeness (QED) is 0.351. The summed E-state index contributed by atoms with van der Waals surface area (Å²) in [5.74, 6) is 0. The van der Waals surface area contributed by atoms with E-state index in [-0.39, 0.29) is 11.6 Å². The van der Waals surface area contributed by atoms with Crippen molar-refractivity contribution < 1.29 is 10.2 Å². The molecule has 3 N–H and O–H groups in total. The monoisotopic (exact) mass is 204 g/mol. The molecule has 0 saturated carbocycles. The fourth-order valence-corrected chi connectivity index (χ4v) is 1.35. The van der Waals surface area contributed by atoms with E-state index >= 15 is 0 Å². The maximum absolute atomic E-state index is 10.6. The molecule has 0 rings (SSSR count). The Labute approximate surface area is 86.9 Å². The number of hydroxylamine groups is 2. The molecule has 0 radical (unpaired) electrons. The van der Waals surface area contributed by atoms with Gasteiger partial charge in [0.05, 0.1) is 7.05 Å². The zero-order valence-corrected chi connectivity index (χ0v) is 9.38. The molecular weight excluding hydrogens is 180 g/mol. The van der Waals surface area contributed by atoms with Gasteiger partial charge in [0, 0.05) is 6.54 Å². The molecule has 0 aliphatic rings.